The first-order valence-electron chi connectivity index (χ1n) is 8.15. The molecule has 2 fully saturated rings. The first-order valence-corrected chi connectivity index (χ1v) is 9.65. The van der Waals surface area contributed by atoms with Gasteiger partial charge < -0.3 is 9.26 Å². The smallest absolute Gasteiger partial charge is 0.226 e. The number of hydrogen-bond donors (Lipinski definition) is 0. The Bertz CT molecular complexity index is 624. The van der Waals surface area contributed by atoms with Crippen molar-refractivity contribution in [2.45, 2.75) is 44.6 Å². The maximum atomic E-state index is 12.7. The van der Waals surface area contributed by atoms with Crippen LogP contribution in [0.4, 0.5) is 0 Å². The van der Waals surface area contributed by atoms with Gasteiger partial charge in [-0.3, -0.25) is 4.90 Å². The van der Waals surface area contributed by atoms with E-state index in [4.69, 9.17) is 9.26 Å². The van der Waals surface area contributed by atoms with Crippen LogP contribution >= 0.6 is 0 Å². The van der Waals surface area contributed by atoms with Gasteiger partial charge in [0, 0.05) is 39.2 Å². The second-order valence-corrected chi connectivity index (χ2v) is 8.23. The van der Waals surface area contributed by atoms with Crippen molar-refractivity contribution in [2.24, 2.45) is 0 Å². The van der Waals surface area contributed by atoms with E-state index in [2.05, 4.69) is 15.0 Å². The standard InChI is InChI=1S/C14H24N4O4S/c1-3-14-15-13(16-22-14)10-17-5-7-18(8-6-17)23(19,20)12-4-9-21-11(12)2/h11-12H,3-10H2,1-2H3/t11-,12-/m0/s1. The van der Waals surface area contributed by atoms with Gasteiger partial charge >= 0.3 is 0 Å². The Morgan fingerprint density at radius 3 is 2.57 bits per heavy atom. The number of rotatable bonds is 5. The van der Waals surface area contributed by atoms with Crippen molar-refractivity contribution in [3.63, 3.8) is 0 Å². The van der Waals surface area contributed by atoms with Crippen LogP contribution in [0.5, 0.6) is 0 Å². The van der Waals surface area contributed by atoms with Crippen molar-refractivity contribution in [1.82, 2.24) is 19.3 Å². The Morgan fingerprint density at radius 1 is 1.26 bits per heavy atom. The lowest BCUT2D eigenvalue weighted by Gasteiger charge is -2.35. The molecule has 23 heavy (non-hydrogen) atoms. The van der Waals surface area contributed by atoms with Gasteiger partial charge in [-0.05, 0) is 13.3 Å². The van der Waals surface area contributed by atoms with Crippen molar-refractivity contribution < 1.29 is 17.7 Å². The number of piperazine rings is 1. The number of hydrogen-bond acceptors (Lipinski definition) is 7. The molecule has 0 saturated carbocycles. The first kappa shape index (κ1) is 16.8. The zero-order valence-electron chi connectivity index (χ0n) is 13.6. The average Bonchev–Trinajstić information content (AvgIpc) is 3.17. The summed E-state index contributed by atoms with van der Waals surface area (Å²) in [4.78, 5) is 6.45. The maximum absolute atomic E-state index is 12.7. The van der Waals surface area contributed by atoms with Crippen LogP contribution in [0.3, 0.4) is 0 Å². The Balaban J connectivity index is 1.55. The summed E-state index contributed by atoms with van der Waals surface area (Å²) in [6, 6.07) is 0. The number of sulfonamides is 1. The van der Waals surface area contributed by atoms with E-state index < -0.39 is 15.3 Å². The molecule has 130 valence electrons. The minimum atomic E-state index is -3.28. The summed E-state index contributed by atoms with van der Waals surface area (Å²) in [5.74, 6) is 1.30. The van der Waals surface area contributed by atoms with E-state index in [9.17, 15) is 8.42 Å². The molecule has 0 N–H and O–H groups in total. The fourth-order valence-electron chi connectivity index (χ4n) is 3.13. The van der Waals surface area contributed by atoms with Crippen LogP contribution in [0.1, 0.15) is 32.0 Å². The van der Waals surface area contributed by atoms with Crippen molar-refractivity contribution in [3.05, 3.63) is 11.7 Å². The summed E-state index contributed by atoms with van der Waals surface area (Å²) in [6.07, 6.45) is 1.09. The molecule has 0 radical (unpaired) electrons. The molecule has 8 nitrogen and oxygen atoms in total. The highest BCUT2D eigenvalue weighted by Crippen LogP contribution is 2.24. The molecule has 9 heteroatoms. The lowest BCUT2D eigenvalue weighted by molar-refractivity contribution is 0.124. The van der Waals surface area contributed by atoms with E-state index in [1.165, 1.54) is 0 Å². The summed E-state index contributed by atoms with van der Waals surface area (Å²) >= 11 is 0. The van der Waals surface area contributed by atoms with E-state index in [1.807, 2.05) is 13.8 Å². The van der Waals surface area contributed by atoms with E-state index in [1.54, 1.807) is 4.31 Å². The maximum Gasteiger partial charge on any atom is 0.226 e. The van der Waals surface area contributed by atoms with Crippen LogP contribution in [0.15, 0.2) is 4.52 Å². The molecular formula is C14H24N4O4S. The highest BCUT2D eigenvalue weighted by molar-refractivity contribution is 7.89. The fourth-order valence-corrected chi connectivity index (χ4v) is 5.15. The van der Waals surface area contributed by atoms with Gasteiger partial charge in [-0.15, -0.1) is 0 Å². The Hall–Kier alpha value is -1.03. The quantitative estimate of drug-likeness (QED) is 0.757. The minimum absolute atomic E-state index is 0.218. The molecule has 0 unspecified atom stereocenters. The third kappa shape index (κ3) is 3.57. The largest absolute Gasteiger partial charge is 0.377 e. The zero-order chi connectivity index (χ0) is 16.4. The summed E-state index contributed by atoms with van der Waals surface area (Å²) < 4.78 is 37.5. The van der Waals surface area contributed by atoms with Gasteiger partial charge in [-0.1, -0.05) is 12.1 Å². The van der Waals surface area contributed by atoms with Crippen LogP contribution in [-0.4, -0.2) is 71.9 Å². The van der Waals surface area contributed by atoms with E-state index in [0.717, 1.165) is 6.42 Å². The van der Waals surface area contributed by atoms with Crippen LogP contribution in [-0.2, 0) is 27.7 Å². The Kier molecular flexibility index (Phi) is 5.00. The number of nitrogens with zero attached hydrogens (tertiary/aromatic N) is 4. The predicted octanol–water partition coefficient (Wildman–Crippen LogP) is 0.257. The molecule has 0 spiro atoms. The van der Waals surface area contributed by atoms with E-state index >= 15 is 0 Å². The van der Waals surface area contributed by atoms with Gasteiger partial charge in [0.05, 0.1) is 12.6 Å². The van der Waals surface area contributed by atoms with Gasteiger partial charge in [-0.25, -0.2) is 8.42 Å². The van der Waals surface area contributed by atoms with Gasteiger partial charge in [0.15, 0.2) is 5.82 Å². The van der Waals surface area contributed by atoms with Gasteiger partial charge in [0.1, 0.15) is 5.25 Å². The number of aryl methyl sites for hydroxylation is 1. The minimum Gasteiger partial charge on any atom is -0.377 e. The van der Waals surface area contributed by atoms with Crippen LogP contribution in [0.25, 0.3) is 0 Å². The molecule has 0 bridgehead atoms. The summed E-state index contributed by atoms with van der Waals surface area (Å²) in [6.45, 7) is 7.30. The molecule has 2 aliphatic heterocycles. The predicted molar refractivity (Wildman–Crippen MR) is 83.3 cm³/mol. The van der Waals surface area contributed by atoms with Crippen molar-refractivity contribution in [1.29, 1.82) is 0 Å². The highest BCUT2D eigenvalue weighted by atomic mass is 32.2. The van der Waals surface area contributed by atoms with Gasteiger partial charge in [0.2, 0.25) is 15.9 Å². The lowest BCUT2D eigenvalue weighted by atomic mass is 10.3. The molecule has 0 amide bonds. The molecule has 3 rings (SSSR count). The summed E-state index contributed by atoms with van der Waals surface area (Å²) in [7, 11) is -3.28. The molecular weight excluding hydrogens is 320 g/mol. The molecule has 1 aromatic rings. The molecule has 2 saturated heterocycles. The SMILES string of the molecule is CCc1nc(CN2CCN(S(=O)(=O)[C@H]3CCO[C@H]3C)CC2)no1. The van der Waals surface area contributed by atoms with Crippen molar-refractivity contribution >= 4 is 10.0 Å². The molecule has 2 atom stereocenters. The topological polar surface area (TPSA) is 88.8 Å². The normalized spacial score (nSPS) is 27.6. The lowest BCUT2D eigenvalue weighted by Crippen LogP contribution is -2.51. The fraction of sp³-hybridized carbons (Fsp3) is 0.857. The number of ether oxygens (including phenoxy) is 1. The molecule has 0 aromatic carbocycles. The average molecular weight is 344 g/mol. The van der Waals surface area contributed by atoms with E-state index in [0.29, 0.717) is 57.5 Å². The van der Waals surface area contributed by atoms with Crippen molar-refractivity contribution in [2.75, 3.05) is 32.8 Å². The Labute approximate surface area is 136 Å². The van der Waals surface area contributed by atoms with Gasteiger partial charge in [0.25, 0.3) is 0 Å². The van der Waals surface area contributed by atoms with Crippen LogP contribution < -0.4 is 0 Å². The second-order valence-electron chi connectivity index (χ2n) is 6.08. The third-order valence-corrected chi connectivity index (χ3v) is 7.03. The molecule has 0 aliphatic carbocycles. The van der Waals surface area contributed by atoms with Gasteiger partial charge in [-0.2, -0.15) is 9.29 Å². The van der Waals surface area contributed by atoms with Crippen LogP contribution in [0.2, 0.25) is 0 Å². The number of aromatic nitrogens is 2. The third-order valence-electron chi connectivity index (χ3n) is 4.56. The molecule has 1 aromatic heterocycles. The second kappa shape index (κ2) is 6.84. The van der Waals surface area contributed by atoms with E-state index in [-0.39, 0.29) is 6.10 Å². The highest BCUT2D eigenvalue weighted by Gasteiger charge is 2.40. The molecule has 3 heterocycles. The molecule has 2 aliphatic rings. The summed E-state index contributed by atoms with van der Waals surface area (Å²) in [5, 5.41) is 3.54. The first-order chi connectivity index (χ1) is 11.0. The van der Waals surface area contributed by atoms with Crippen molar-refractivity contribution in [3.8, 4) is 0 Å². The van der Waals surface area contributed by atoms with Crippen LogP contribution in [0, 0.1) is 0 Å². The monoisotopic (exact) mass is 344 g/mol. The summed E-state index contributed by atoms with van der Waals surface area (Å²) in [5.41, 5.74) is 0. The zero-order valence-corrected chi connectivity index (χ0v) is 14.5. The Morgan fingerprint density at radius 2 is 2.00 bits per heavy atom.